The molecule has 1 N–H and O–H groups in total. The molecule has 1 aliphatic rings. The SMILES string of the molecule is COc1cccc(Nc2cnc3c(c2)CN(c2nnc(C#N)c(C)c2C)CC3)c1F. The largest absolute Gasteiger partial charge is 0.494 e. The Bertz CT molecular complexity index is 1160. The molecule has 1 aromatic carbocycles. The van der Waals surface area contributed by atoms with E-state index < -0.39 is 5.82 Å². The van der Waals surface area contributed by atoms with Gasteiger partial charge in [-0.15, -0.1) is 10.2 Å². The summed E-state index contributed by atoms with van der Waals surface area (Å²) in [5, 5.41) is 20.6. The zero-order valence-electron chi connectivity index (χ0n) is 17.0. The van der Waals surface area contributed by atoms with Gasteiger partial charge in [0.05, 0.1) is 24.7 Å². The van der Waals surface area contributed by atoms with E-state index in [1.807, 2.05) is 19.9 Å². The highest BCUT2D eigenvalue weighted by Crippen LogP contribution is 2.30. The number of halogens is 1. The predicted molar refractivity (Wildman–Crippen MR) is 111 cm³/mol. The summed E-state index contributed by atoms with van der Waals surface area (Å²) in [7, 11) is 1.44. The number of nitrogens with one attached hydrogen (secondary N) is 1. The topological polar surface area (TPSA) is 87.0 Å². The van der Waals surface area contributed by atoms with Gasteiger partial charge in [0.2, 0.25) is 0 Å². The number of methoxy groups -OCH3 is 1. The number of pyridine rings is 1. The summed E-state index contributed by atoms with van der Waals surface area (Å²) in [6.45, 7) is 5.21. The minimum absolute atomic E-state index is 0.183. The Labute approximate surface area is 174 Å². The van der Waals surface area contributed by atoms with Crippen LogP contribution < -0.4 is 15.0 Å². The maximum atomic E-state index is 14.5. The molecule has 30 heavy (non-hydrogen) atoms. The first-order chi connectivity index (χ1) is 14.5. The number of aromatic nitrogens is 3. The number of fused-ring (bicyclic) bond motifs is 1. The molecule has 0 saturated carbocycles. The predicted octanol–water partition coefficient (Wildman–Crippen LogP) is 3.81. The monoisotopic (exact) mass is 404 g/mol. The van der Waals surface area contributed by atoms with Crippen LogP contribution in [0.3, 0.4) is 0 Å². The van der Waals surface area contributed by atoms with Crippen LogP contribution in [0.25, 0.3) is 0 Å². The Balaban J connectivity index is 1.60. The fourth-order valence-corrected chi connectivity index (χ4v) is 3.60. The van der Waals surface area contributed by atoms with Crippen LogP contribution in [0.4, 0.5) is 21.6 Å². The van der Waals surface area contributed by atoms with Crippen molar-refractivity contribution >= 4 is 17.2 Å². The smallest absolute Gasteiger partial charge is 0.188 e. The molecular weight excluding hydrogens is 383 g/mol. The van der Waals surface area contributed by atoms with Crippen LogP contribution in [0, 0.1) is 31.0 Å². The van der Waals surface area contributed by atoms with Gasteiger partial charge in [0, 0.05) is 25.2 Å². The van der Waals surface area contributed by atoms with Crippen molar-refractivity contribution in [3.63, 3.8) is 0 Å². The Hall–Kier alpha value is -3.73. The van der Waals surface area contributed by atoms with E-state index in [4.69, 9.17) is 10.00 Å². The van der Waals surface area contributed by atoms with Crippen molar-refractivity contribution in [2.24, 2.45) is 0 Å². The maximum Gasteiger partial charge on any atom is 0.188 e. The van der Waals surface area contributed by atoms with Crippen LogP contribution in [-0.2, 0) is 13.0 Å². The molecule has 7 nitrogen and oxygen atoms in total. The third-order valence-corrected chi connectivity index (χ3v) is 5.41. The molecule has 3 heterocycles. The minimum atomic E-state index is -0.446. The Morgan fingerprint density at radius 2 is 2.07 bits per heavy atom. The zero-order valence-corrected chi connectivity index (χ0v) is 17.0. The molecule has 0 bridgehead atoms. The lowest BCUT2D eigenvalue weighted by molar-refractivity contribution is 0.387. The number of hydrogen-bond acceptors (Lipinski definition) is 7. The number of nitriles is 1. The minimum Gasteiger partial charge on any atom is -0.494 e. The summed E-state index contributed by atoms with van der Waals surface area (Å²) < 4.78 is 19.5. The van der Waals surface area contributed by atoms with Crippen molar-refractivity contribution in [1.29, 1.82) is 5.26 Å². The molecule has 0 unspecified atom stereocenters. The second-order valence-electron chi connectivity index (χ2n) is 7.18. The average Bonchev–Trinajstić information content (AvgIpc) is 2.76. The van der Waals surface area contributed by atoms with Gasteiger partial charge in [-0.25, -0.2) is 4.39 Å². The summed E-state index contributed by atoms with van der Waals surface area (Å²) in [4.78, 5) is 6.70. The molecule has 0 spiro atoms. The van der Waals surface area contributed by atoms with E-state index in [2.05, 4.69) is 31.5 Å². The summed E-state index contributed by atoms with van der Waals surface area (Å²) >= 11 is 0. The Morgan fingerprint density at radius 3 is 2.83 bits per heavy atom. The van der Waals surface area contributed by atoms with Crippen LogP contribution in [-0.4, -0.2) is 28.8 Å². The van der Waals surface area contributed by atoms with Crippen molar-refractivity contribution in [3.05, 3.63) is 64.4 Å². The first kappa shape index (κ1) is 19.6. The Morgan fingerprint density at radius 1 is 1.23 bits per heavy atom. The van der Waals surface area contributed by atoms with Crippen LogP contribution >= 0.6 is 0 Å². The molecule has 0 atom stereocenters. The van der Waals surface area contributed by atoms with E-state index in [9.17, 15) is 4.39 Å². The van der Waals surface area contributed by atoms with Gasteiger partial charge >= 0.3 is 0 Å². The van der Waals surface area contributed by atoms with Gasteiger partial charge in [0.25, 0.3) is 0 Å². The molecule has 8 heteroatoms. The molecule has 0 fully saturated rings. The lowest BCUT2D eigenvalue weighted by Crippen LogP contribution is -2.32. The van der Waals surface area contributed by atoms with Crippen molar-refractivity contribution in [1.82, 2.24) is 15.2 Å². The van der Waals surface area contributed by atoms with E-state index in [-0.39, 0.29) is 5.75 Å². The van der Waals surface area contributed by atoms with Gasteiger partial charge in [-0.2, -0.15) is 5.26 Å². The van der Waals surface area contributed by atoms with Gasteiger partial charge < -0.3 is 15.0 Å². The number of ether oxygens (including phenoxy) is 1. The lowest BCUT2D eigenvalue weighted by atomic mass is 10.0. The van der Waals surface area contributed by atoms with Crippen LogP contribution in [0.15, 0.2) is 30.5 Å². The van der Waals surface area contributed by atoms with E-state index in [0.717, 1.165) is 41.2 Å². The lowest BCUT2D eigenvalue weighted by Gasteiger charge is -2.30. The zero-order chi connectivity index (χ0) is 21.3. The second kappa shape index (κ2) is 7.95. The van der Waals surface area contributed by atoms with Gasteiger partial charge in [0.15, 0.2) is 23.1 Å². The molecule has 1 aliphatic heterocycles. The molecule has 2 aromatic heterocycles. The molecular formula is C22H21FN6O. The fraction of sp³-hybridized carbons (Fsp3) is 0.273. The third-order valence-electron chi connectivity index (χ3n) is 5.41. The van der Waals surface area contributed by atoms with Crippen LogP contribution in [0.5, 0.6) is 5.75 Å². The molecule has 3 aromatic rings. The number of rotatable bonds is 4. The first-order valence-corrected chi connectivity index (χ1v) is 9.58. The van der Waals surface area contributed by atoms with Crippen LogP contribution in [0.1, 0.15) is 28.1 Å². The van der Waals surface area contributed by atoms with Gasteiger partial charge in [-0.05, 0) is 48.7 Å². The van der Waals surface area contributed by atoms with Gasteiger partial charge in [-0.3, -0.25) is 4.98 Å². The molecule has 0 aliphatic carbocycles. The van der Waals surface area contributed by atoms with Gasteiger partial charge in [0.1, 0.15) is 6.07 Å². The number of hydrogen-bond donors (Lipinski definition) is 1. The van der Waals surface area contributed by atoms with Crippen molar-refractivity contribution in [2.75, 3.05) is 23.9 Å². The highest BCUT2D eigenvalue weighted by Gasteiger charge is 2.22. The second-order valence-corrected chi connectivity index (χ2v) is 7.18. The van der Waals surface area contributed by atoms with Crippen LogP contribution in [0.2, 0.25) is 0 Å². The number of benzene rings is 1. The summed E-state index contributed by atoms with van der Waals surface area (Å²) in [6, 6.07) is 9.01. The van der Waals surface area contributed by atoms with Crippen molar-refractivity contribution < 1.29 is 9.13 Å². The summed E-state index contributed by atoms with van der Waals surface area (Å²) in [5.74, 6) is 0.509. The molecule has 4 rings (SSSR count). The first-order valence-electron chi connectivity index (χ1n) is 9.58. The van der Waals surface area contributed by atoms with E-state index in [1.165, 1.54) is 7.11 Å². The normalized spacial score (nSPS) is 12.8. The molecule has 0 saturated heterocycles. The third kappa shape index (κ3) is 3.50. The van der Waals surface area contributed by atoms with E-state index >= 15 is 0 Å². The highest BCUT2D eigenvalue weighted by atomic mass is 19.1. The number of anilines is 3. The number of nitrogens with zero attached hydrogens (tertiary/aromatic N) is 5. The van der Waals surface area contributed by atoms with Crippen molar-refractivity contribution in [2.45, 2.75) is 26.8 Å². The van der Waals surface area contributed by atoms with E-state index in [1.54, 1.807) is 24.4 Å². The highest BCUT2D eigenvalue weighted by molar-refractivity contribution is 5.63. The standard InChI is InChI=1S/C22H21FN6O/c1-13-14(2)22(28-27-19(13)10-24)29-8-7-17-15(12-29)9-16(11-25-17)26-18-5-4-6-20(30-3)21(18)23/h4-6,9,11,26H,7-8,12H2,1-3H3. The molecule has 152 valence electrons. The quantitative estimate of drug-likeness (QED) is 0.707. The van der Waals surface area contributed by atoms with Gasteiger partial charge in [-0.1, -0.05) is 6.07 Å². The summed E-state index contributed by atoms with van der Waals surface area (Å²) in [6.07, 6.45) is 2.48. The maximum absolute atomic E-state index is 14.5. The fourth-order valence-electron chi connectivity index (χ4n) is 3.60. The van der Waals surface area contributed by atoms with Crippen molar-refractivity contribution in [3.8, 4) is 11.8 Å². The Kier molecular flexibility index (Phi) is 5.19. The summed E-state index contributed by atoms with van der Waals surface area (Å²) in [5.41, 5.74) is 5.22. The average molecular weight is 404 g/mol. The van der Waals surface area contributed by atoms with E-state index in [0.29, 0.717) is 23.6 Å². The molecule has 0 amide bonds. The molecule has 0 radical (unpaired) electrons.